The summed E-state index contributed by atoms with van der Waals surface area (Å²) in [5, 5.41) is 0. The highest BCUT2D eigenvalue weighted by Crippen LogP contribution is 2.37. The third kappa shape index (κ3) is 8.14. The van der Waals surface area contributed by atoms with Crippen LogP contribution in [-0.4, -0.2) is 0 Å². The maximum Gasteiger partial charge on any atom is -0.0205 e. The summed E-state index contributed by atoms with van der Waals surface area (Å²) < 4.78 is 0. The molecule has 0 aromatic heterocycles. The van der Waals surface area contributed by atoms with Gasteiger partial charge in [0.1, 0.15) is 0 Å². The summed E-state index contributed by atoms with van der Waals surface area (Å²) in [6.45, 7) is 4.41. The first kappa shape index (κ1) is 20.8. The van der Waals surface area contributed by atoms with E-state index in [1.165, 1.54) is 96.3 Å². The molecule has 2 unspecified atom stereocenters. The number of unbranched alkanes of at least 4 members (excludes halogenated alkanes) is 1. The smallest absolute Gasteiger partial charge is 0.0205 e. The molecule has 2 rings (SSSR count). The van der Waals surface area contributed by atoms with E-state index >= 15 is 0 Å². The normalized spacial score (nSPS) is 31.1. The SMILES string of the molecule is CC=CCC[C@H]1CC[C@H](CCCCC2CCCCC2C=CCC)CC1. The first-order valence-corrected chi connectivity index (χ1v) is 11.6. The number of rotatable bonds is 10. The van der Waals surface area contributed by atoms with Crippen LogP contribution in [0, 0.1) is 23.7 Å². The van der Waals surface area contributed by atoms with Gasteiger partial charge in [-0.15, -0.1) is 0 Å². The van der Waals surface area contributed by atoms with Crippen LogP contribution < -0.4 is 0 Å². The van der Waals surface area contributed by atoms with Gasteiger partial charge in [0.2, 0.25) is 0 Å². The lowest BCUT2D eigenvalue weighted by atomic mass is 9.75. The molecular formula is C25H44. The summed E-state index contributed by atoms with van der Waals surface area (Å²) in [5.41, 5.74) is 0. The second kappa shape index (κ2) is 12.8. The van der Waals surface area contributed by atoms with Crippen molar-refractivity contribution in [3.63, 3.8) is 0 Å². The largest absolute Gasteiger partial charge is 0.0917 e. The molecule has 0 heteroatoms. The minimum absolute atomic E-state index is 0.904. The van der Waals surface area contributed by atoms with E-state index in [0.717, 1.165) is 23.7 Å². The summed E-state index contributed by atoms with van der Waals surface area (Å²) in [6, 6.07) is 0. The van der Waals surface area contributed by atoms with Crippen LogP contribution in [0.4, 0.5) is 0 Å². The van der Waals surface area contributed by atoms with Crippen molar-refractivity contribution in [2.45, 2.75) is 110 Å². The first-order valence-electron chi connectivity index (χ1n) is 11.6. The van der Waals surface area contributed by atoms with Crippen molar-refractivity contribution in [2.24, 2.45) is 23.7 Å². The fraction of sp³-hybridized carbons (Fsp3) is 0.840. The standard InChI is InChI=1S/C25H44/c1-3-5-7-12-22-18-20-23(21-19-22)13-8-9-15-25-17-11-10-16-24(25)14-6-4-2/h3,5-6,14,22-25H,4,7-13,15-21H2,1-2H3/t22-,23-,24?,25?. The zero-order valence-corrected chi connectivity index (χ0v) is 17.2. The number of hydrogen-bond donors (Lipinski definition) is 0. The lowest BCUT2D eigenvalue weighted by Crippen LogP contribution is -2.18. The highest BCUT2D eigenvalue weighted by molar-refractivity contribution is 4.93. The molecule has 2 atom stereocenters. The summed E-state index contributed by atoms with van der Waals surface area (Å²) >= 11 is 0. The predicted octanol–water partition coefficient (Wildman–Crippen LogP) is 8.48. The van der Waals surface area contributed by atoms with Gasteiger partial charge in [-0.3, -0.25) is 0 Å². The van der Waals surface area contributed by atoms with Crippen LogP contribution in [0.25, 0.3) is 0 Å². The molecule has 144 valence electrons. The van der Waals surface area contributed by atoms with Crippen molar-refractivity contribution in [1.29, 1.82) is 0 Å². The average molecular weight is 345 g/mol. The van der Waals surface area contributed by atoms with Crippen LogP contribution in [0.1, 0.15) is 110 Å². The molecule has 2 aliphatic rings. The molecule has 2 fully saturated rings. The highest BCUT2D eigenvalue weighted by atomic mass is 14.3. The Balaban J connectivity index is 1.56. The molecule has 0 saturated heterocycles. The molecule has 0 heterocycles. The molecular weight excluding hydrogens is 300 g/mol. The van der Waals surface area contributed by atoms with Crippen LogP contribution in [0.3, 0.4) is 0 Å². The fourth-order valence-electron chi connectivity index (χ4n) is 5.31. The molecule has 0 radical (unpaired) electrons. The van der Waals surface area contributed by atoms with E-state index in [-0.39, 0.29) is 0 Å². The molecule has 0 amide bonds. The van der Waals surface area contributed by atoms with Crippen molar-refractivity contribution in [3.8, 4) is 0 Å². The zero-order valence-electron chi connectivity index (χ0n) is 17.2. The summed E-state index contributed by atoms with van der Waals surface area (Å²) in [4.78, 5) is 0. The predicted molar refractivity (Wildman–Crippen MR) is 113 cm³/mol. The molecule has 25 heavy (non-hydrogen) atoms. The van der Waals surface area contributed by atoms with Gasteiger partial charge >= 0.3 is 0 Å². The maximum atomic E-state index is 2.55. The van der Waals surface area contributed by atoms with Gasteiger partial charge in [0.25, 0.3) is 0 Å². The Kier molecular flexibility index (Phi) is 10.6. The second-order valence-electron chi connectivity index (χ2n) is 8.86. The first-order chi connectivity index (χ1) is 12.3. The fourth-order valence-corrected chi connectivity index (χ4v) is 5.31. The summed E-state index contributed by atoms with van der Waals surface area (Å²) in [5.74, 6) is 3.99. The van der Waals surface area contributed by atoms with Crippen molar-refractivity contribution < 1.29 is 0 Å². The van der Waals surface area contributed by atoms with Crippen LogP contribution in [-0.2, 0) is 0 Å². The van der Waals surface area contributed by atoms with Crippen molar-refractivity contribution in [2.75, 3.05) is 0 Å². The average Bonchev–Trinajstić information content (AvgIpc) is 2.65. The maximum absolute atomic E-state index is 2.55. The van der Waals surface area contributed by atoms with Gasteiger partial charge in [-0.1, -0.05) is 89.0 Å². The molecule has 0 nitrogen and oxygen atoms in total. The van der Waals surface area contributed by atoms with Gasteiger partial charge in [-0.05, 0) is 69.1 Å². The van der Waals surface area contributed by atoms with Crippen molar-refractivity contribution >= 4 is 0 Å². The van der Waals surface area contributed by atoms with E-state index < -0.39 is 0 Å². The monoisotopic (exact) mass is 344 g/mol. The molecule has 0 spiro atoms. The molecule has 0 aliphatic heterocycles. The minimum atomic E-state index is 0.904. The third-order valence-corrected chi connectivity index (χ3v) is 6.97. The Bertz CT molecular complexity index is 369. The van der Waals surface area contributed by atoms with Gasteiger partial charge in [0.15, 0.2) is 0 Å². The van der Waals surface area contributed by atoms with Gasteiger partial charge < -0.3 is 0 Å². The highest BCUT2D eigenvalue weighted by Gasteiger charge is 2.23. The quantitative estimate of drug-likeness (QED) is 0.275. The van der Waals surface area contributed by atoms with E-state index in [0.29, 0.717) is 0 Å². The lowest BCUT2D eigenvalue weighted by molar-refractivity contribution is 0.237. The van der Waals surface area contributed by atoms with Crippen LogP contribution in [0.5, 0.6) is 0 Å². The van der Waals surface area contributed by atoms with Gasteiger partial charge in [-0.2, -0.15) is 0 Å². The topological polar surface area (TPSA) is 0 Å². The van der Waals surface area contributed by atoms with Gasteiger partial charge in [0, 0.05) is 0 Å². The van der Waals surface area contributed by atoms with E-state index in [9.17, 15) is 0 Å². The van der Waals surface area contributed by atoms with Gasteiger partial charge in [-0.25, -0.2) is 0 Å². The molecule has 0 N–H and O–H groups in total. The minimum Gasteiger partial charge on any atom is -0.0917 e. The van der Waals surface area contributed by atoms with E-state index in [1.54, 1.807) is 0 Å². The zero-order chi connectivity index (χ0) is 17.7. The molecule has 0 aromatic rings. The van der Waals surface area contributed by atoms with E-state index in [2.05, 4.69) is 38.2 Å². The van der Waals surface area contributed by atoms with Crippen molar-refractivity contribution in [3.05, 3.63) is 24.3 Å². The van der Waals surface area contributed by atoms with Crippen LogP contribution in [0.15, 0.2) is 24.3 Å². The third-order valence-electron chi connectivity index (χ3n) is 6.97. The second-order valence-corrected chi connectivity index (χ2v) is 8.86. The van der Waals surface area contributed by atoms with Crippen molar-refractivity contribution in [1.82, 2.24) is 0 Å². The molecule has 0 aromatic carbocycles. The number of allylic oxidation sites excluding steroid dienone is 4. The van der Waals surface area contributed by atoms with Crippen LogP contribution >= 0.6 is 0 Å². The Hall–Kier alpha value is -0.520. The Morgan fingerprint density at radius 1 is 0.760 bits per heavy atom. The van der Waals surface area contributed by atoms with Crippen LogP contribution in [0.2, 0.25) is 0 Å². The van der Waals surface area contributed by atoms with Gasteiger partial charge in [0.05, 0.1) is 0 Å². The Morgan fingerprint density at radius 2 is 1.44 bits per heavy atom. The number of hydrogen-bond acceptors (Lipinski definition) is 0. The molecule has 2 aliphatic carbocycles. The summed E-state index contributed by atoms with van der Waals surface area (Å²) in [7, 11) is 0. The Labute approximate surface area is 158 Å². The molecule has 0 bridgehead atoms. The van der Waals surface area contributed by atoms with E-state index in [1.807, 2.05) is 0 Å². The van der Waals surface area contributed by atoms with E-state index in [4.69, 9.17) is 0 Å². The summed E-state index contributed by atoms with van der Waals surface area (Å²) in [6.07, 6.45) is 31.4. The molecule has 2 saturated carbocycles. The Morgan fingerprint density at radius 3 is 2.16 bits per heavy atom. The lowest BCUT2D eigenvalue weighted by Gasteiger charge is -2.30.